The molecule has 0 saturated heterocycles. The van der Waals surface area contributed by atoms with Crippen molar-refractivity contribution in [2.45, 2.75) is 39.8 Å². The summed E-state index contributed by atoms with van der Waals surface area (Å²) in [6.45, 7) is 5.39. The Hall–Kier alpha value is -1.34. The Morgan fingerprint density at radius 3 is 2.47 bits per heavy atom. The first kappa shape index (κ1) is 15.7. The van der Waals surface area contributed by atoms with Crippen LogP contribution >= 0.6 is 0 Å². The van der Waals surface area contributed by atoms with E-state index >= 15 is 0 Å². The Balaban J connectivity index is 2.85. The summed E-state index contributed by atoms with van der Waals surface area (Å²) in [7, 11) is -3.61. The Kier molecular flexibility index (Phi) is 5.13. The highest BCUT2D eigenvalue weighted by molar-refractivity contribution is 7.89. The smallest absolute Gasteiger partial charge is 0.304 e. The molecule has 1 aromatic rings. The van der Waals surface area contributed by atoms with Gasteiger partial charge in [-0.15, -0.1) is 0 Å². The van der Waals surface area contributed by atoms with Crippen molar-refractivity contribution >= 4 is 16.0 Å². The topological polar surface area (TPSA) is 87.8 Å². The number of sulfonamides is 1. The van der Waals surface area contributed by atoms with Gasteiger partial charge in [0.2, 0.25) is 10.0 Å². The van der Waals surface area contributed by atoms with Gasteiger partial charge in [-0.25, -0.2) is 8.42 Å². The maximum absolute atomic E-state index is 12.1. The second kappa shape index (κ2) is 6.21. The molecule has 108 valence electrons. The third-order valence-electron chi connectivity index (χ3n) is 2.61. The lowest BCUT2D eigenvalue weighted by atomic mass is 10.3. The van der Waals surface area contributed by atoms with Crippen molar-refractivity contribution in [2.75, 3.05) is 5.75 Å². The van der Waals surface area contributed by atoms with E-state index in [0.717, 1.165) is 0 Å². The molecule has 19 heavy (non-hydrogen) atoms. The molecular formula is C12H19NO5S. The number of hydrogen-bond donors (Lipinski definition) is 1. The minimum absolute atomic E-state index is 0.119. The highest BCUT2D eigenvalue weighted by Crippen LogP contribution is 2.16. The summed E-state index contributed by atoms with van der Waals surface area (Å²) in [6.07, 6.45) is -0.400. The number of carbonyl (C=O) groups is 1. The SMILES string of the molecule is Cc1ccc(CN(C(C)C)S(=O)(=O)CCC(=O)O)o1. The molecular weight excluding hydrogens is 270 g/mol. The van der Waals surface area contributed by atoms with Crippen LogP contribution in [0.25, 0.3) is 0 Å². The van der Waals surface area contributed by atoms with Gasteiger partial charge in [0.25, 0.3) is 0 Å². The van der Waals surface area contributed by atoms with Crippen molar-refractivity contribution in [3.63, 3.8) is 0 Å². The summed E-state index contributed by atoms with van der Waals surface area (Å²) >= 11 is 0. The highest BCUT2D eigenvalue weighted by atomic mass is 32.2. The van der Waals surface area contributed by atoms with Crippen LogP contribution in [0.3, 0.4) is 0 Å². The van der Waals surface area contributed by atoms with Gasteiger partial charge >= 0.3 is 5.97 Å². The molecule has 0 fully saturated rings. The first-order chi connectivity index (χ1) is 8.72. The zero-order valence-electron chi connectivity index (χ0n) is 11.3. The van der Waals surface area contributed by atoms with Crippen LogP contribution in [-0.2, 0) is 21.4 Å². The molecule has 0 bridgehead atoms. The molecule has 0 atom stereocenters. The molecule has 6 nitrogen and oxygen atoms in total. The molecule has 1 rings (SSSR count). The van der Waals surface area contributed by atoms with Crippen molar-refractivity contribution in [3.8, 4) is 0 Å². The third-order valence-corrected chi connectivity index (χ3v) is 4.60. The number of rotatable bonds is 7. The van der Waals surface area contributed by atoms with E-state index in [0.29, 0.717) is 11.5 Å². The lowest BCUT2D eigenvalue weighted by Gasteiger charge is -2.24. The Labute approximate surface area is 113 Å². The fourth-order valence-corrected chi connectivity index (χ4v) is 3.29. The van der Waals surface area contributed by atoms with Gasteiger partial charge in [0.05, 0.1) is 18.7 Å². The number of carboxylic acids is 1. The molecule has 1 heterocycles. The van der Waals surface area contributed by atoms with Crippen molar-refractivity contribution in [3.05, 3.63) is 23.7 Å². The van der Waals surface area contributed by atoms with E-state index in [-0.39, 0.29) is 12.6 Å². The summed E-state index contributed by atoms with van der Waals surface area (Å²) < 4.78 is 30.8. The van der Waals surface area contributed by atoms with E-state index in [1.54, 1.807) is 32.9 Å². The Morgan fingerprint density at radius 1 is 1.42 bits per heavy atom. The molecule has 1 N–H and O–H groups in total. The molecule has 0 aromatic carbocycles. The number of aryl methyl sites for hydroxylation is 1. The van der Waals surface area contributed by atoms with Gasteiger partial charge in [-0.3, -0.25) is 4.79 Å². The third kappa shape index (κ3) is 4.68. The first-order valence-corrected chi connectivity index (χ1v) is 7.60. The van der Waals surface area contributed by atoms with Crippen LogP contribution in [0, 0.1) is 6.92 Å². The Morgan fingerprint density at radius 2 is 2.05 bits per heavy atom. The number of aliphatic carboxylic acids is 1. The van der Waals surface area contributed by atoms with Crippen LogP contribution in [-0.4, -0.2) is 35.6 Å². The fraction of sp³-hybridized carbons (Fsp3) is 0.583. The zero-order chi connectivity index (χ0) is 14.6. The van der Waals surface area contributed by atoms with Gasteiger partial charge in [-0.05, 0) is 32.9 Å². The average molecular weight is 289 g/mol. The van der Waals surface area contributed by atoms with Gasteiger partial charge in [0.1, 0.15) is 11.5 Å². The Bertz CT molecular complexity index is 532. The van der Waals surface area contributed by atoms with Crippen molar-refractivity contribution in [1.29, 1.82) is 0 Å². The number of nitrogens with zero attached hydrogens (tertiary/aromatic N) is 1. The first-order valence-electron chi connectivity index (χ1n) is 5.99. The van der Waals surface area contributed by atoms with Crippen LogP contribution in [0.4, 0.5) is 0 Å². The van der Waals surface area contributed by atoms with E-state index in [2.05, 4.69) is 0 Å². The van der Waals surface area contributed by atoms with E-state index in [4.69, 9.17) is 9.52 Å². The van der Waals surface area contributed by atoms with Gasteiger partial charge in [0, 0.05) is 6.04 Å². The van der Waals surface area contributed by atoms with E-state index < -0.39 is 28.2 Å². The van der Waals surface area contributed by atoms with Crippen LogP contribution in [0.5, 0.6) is 0 Å². The second-order valence-electron chi connectivity index (χ2n) is 4.61. The maximum atomic E-state index is 12.1. The molecule has 0 aliphatic carbocycles. The quantitative estimate of drug-likeness (QED) is 0.823. The van der Waals surface area contributed by atoms with Gasteiger partial charge in [0.15, 0.2) is 0 Å². The van der Waals surface area contributed by atoms with Gasteiger partial charge in [-0.1, -0.05) is 0 Å². The summed E-state index contributed by atoms with van der Waals surface area (Å²) in [4.78, 5) is 10.5. The van der Waals surface area contributed by atoms with Crippen molar-refractivity contribution < 1.29 is 22.7 Å². The molecule has 0 spiro atoms. The monoisotopic (exact) mass is 289 g/mol. The largest absolute Gasteiger partial charge is 0.481 e. The predicted molar refractivity (Wildman–Crippen MR) is 70.2 cm³/mol. The molecule has 0 radical (unpaired) electrons. The fourth-order valence-electron chi connectivity index (χ4n) is 1.66. The van der Waals surface area contributed by atoms with E-state index in [9.17, 15) is 13.2 Å². The molecule has 0 aliphatic rings. The molecule has 0 amide bonds. The average Bonchev–Trinajstić information content (AvgIpc) is 2.69. The number of furan rings is 1. The van der Waals surface area contributed by atoms with Crippen LogP contribution in [0.15, 0.2) is 16.5 Å². The second-order valence-corrected chi connectivity index (χ2v) is 6.65. The normalized spacial score (nSPS) is 12.3. The zero-order valence-corrected chi connectivity index (χ0v) is 12.1. The standard InChI is InChI=1S/C12H19NO5S/c1-9(2)13(8-11-5-4-10(3)18-11)19(16,17)7-6-12(14)15/h4-5,9H,6-8H2,1-3H3,(H,14,15). The maximum Gasteiger partial charge on any atom is 0.304 e. The molecule has 0 aliphatic heterocycles. The highest BCUT2D eigenvalue weighted by Gasteiger charge is 2.26. The minimum Gasteiger partial charge on any atom is -0.481 e. The molecule has 0 saturated carbocycles. The van der Waals surface area contributed by atoms with Gasteiger partial charge < -0.3 is 9.52 Å². The summed E-state index contributed by atoms with van der Waals surface area (Å²) in [6, 6.07) is 3.22. The number of hydrogen-bond acceptors (Lipinski definition) is 4. The minimum atomic E-state index is -3.61. The molecule has 1 aromatic heterocycles. The van der Waals surface area contributed by atoms with E-state index in [1.807, 2.05) is 0 Å². The summed E-state index contributed by atoms with van der Waals surface area (Å²) in [5.74, 6) is -0.270. The van der Waals surface area contributed by atoms with Crippen LogP contribution in [0.1, 0.15) is 31.8 Å². The predicted octanol–water partition coefficient (Wildman–Crippen LogP) is 1.60. The van der Waals surface area contributed by atoms with Crippen LogP contribution in [0.2, 0.25) is 0 Å². The molecule has 0 unspecified atom stereocenters. The summed E-state index contributed by atoms with van der Waals surface area (Å²) in [5.41, 5.74) is 0. The lowest BCUT2D eigenvalue weighted by molar-refractivity contribution is -0.136. The molecule has 7 heteroatoms. The van der Waals surface area contributed by atoms with Crippen LogP contribution < -0.4 is 0 Å². The van der Waals surface area contributed by atoms with Crippen molar-refractivity contribution in [2.24, 2.45) is 0 Å². The number of carboxylic acid groups (broad SMARTS) is 1. The van der Waals surface area contributed by atoms with E-state index in [1.165, 1.54) is 4.31 Å². The van der Waals surface area contributed by atoms with Gasteiger partial charge in [-0.2, -0.15) is 4.31 Å². The summed E-state index contributed by atoms with van der Waals surface area (Å²) in [5, 5.41) is 8.59. The lowest BCUT2D eigenvalue weighted by Crippen LogP contribution is -2.38. The van der Waals surface area contributed by atoms with Crippen molar-refractivity contribution in [1.82, 2.24) is 4.31 Å².